The molecule has 122 valence electrons. The molecule has 0 aliphatic heterocycles. The van der Waals surface area contributed by atoms with Crippen LogP contribution >= 0.6 is 15.9 Å². The van der Waals surface area contributed by atoms with Crippen LogP contribution in [0.3, 0.4) is 0 Å². The van der Waals surface area contributed by atoms with E-state index in [1.807, 2.05) is 6.07 Å². The van der Waals surface area contributed by atoms with E-state index in [2.05, 4.69) is 21.2 Å². The van der Waals surface area contributed by atoms with Gasteiger partial charge >= 0.3 is 0 Å². The maximum Gasteiger partial charge on any atom is 0.243 e. The number of sulfonamides is 1. The minimum absolute atomic E-state index is 0.176. The quantitative estimate of drug-likeness (QED) is 0.815. The standard InChI is InChI=1S/C16H17BrN2O3S/c1-2-19(23(21,22)13-8-4-3-5-9-13)12-16(20)18-15-11-7-6-10-14(15)17/h3-11H,2,12H2,1H3,(H,18,20). The fraction of sp³-hybridized carbons (Fsp3) is 0.188. The maximum atomic E-state index is 12.6. The Kier molecular flexibility index (Phi) is 5.92. The lowest BCUT2D eigenvalue weighted by molar-refractivity contribution is -0.116. The number of para-hydroxylation sites is 1. The Hall–Kier alpha value is -1.70. The summed E-state index contributed by atoms with van der Waals surface area (Å²) in [5.74, 6) is -0.391. The minimum Gasteiger partial charge on any atom is -0.324 e. The minimum atomic E-state index is -3.69. The van der Waals surface area contributed by atoms with Crippen LogP contribution in [0, 0.1) is 0 Å². The van der Waals surface area contributed by atoms with Gasteiger partial charge in [-0.15, -0.1) is 0 Å². The van der Waals surface area contributed by atoms with E-state index in [1.165, 1.54) is 12.1 Å². The lowest BCUT2D eigenvalue weighted by Crippen LogP contribution is -2.37. The number of nitrogens with zero attached hydrogens (tertiary/aromatic N) is 1. The predicted molar refractivity (Wildman–Crippen MR) is 93.6 cm³/mol. The van der Waals surface area contributed by atoms with Crippen LogP contribution in [0.15, 0.2) is 64.0 Å². The van der Waals surface area contributed by atoms with Crippen LogP contribution in [-0.2, 0) is 14.8 Å². The highest BCUT2D eigenvalue weighted by Gasteiger charge is 2.25. The fourth-order valence-corrected chi connectivity index (χ4v) is 3.83. The molecule has 0 radical (unpaired) electrons. The number of amides is 1. The first-order valence-electron chi connectivity index (χ1n) is 7.04. The molecule has 2 aromatic rings. The van der Waals surface area contributed by atoms with Crippen LogP contribution < -0.4 is 5.32 Å². The van der Waals surface area contributed by atoms with Crippen molar-refractivity contribution in [2.75, 3.05) is 18.4 Å². The number of benzene rings is 2. The molecule has 0 atom stereocenters. The lowest BCUT2D eigenvalue weighted by Gasteiger charge is -2.20. The van der Waals surface area contributed by atoms with E-state index < -0.39 is 15.9 Å². The Balaban J connectivity index is 2.13. The number of hydrogen-bond acceptors (Lipinski definition) is 3. The zero-order valence-electron chi connectivity index (χ0n) is 12.6. The molecule has 5 nitrogen and oxygen atoms in total. The number of halogens is 1. The molecule has 0 saturated carbocycles. The molecule has 2 aromatic carbocycles. The first-order chi connectivity index (χ1) is 10.9. The van der Waals surface area contributed by atoms with Crippen molar-refractivity contribution < 1.29 is 13.2 Å². The van der Waals surface area contributed by atoms with Crippen molar-refractivity contribution in [3.63, 3.8) is 0 Å². The van der Waals surface area contributed by atoms with Crippen LogP contribution in [0.4, 0.5) is 5.69 Å². The zero-order valence-corrected chi connectivity index (χ0v) is 15.0. The van der Waals surface area contributed by atoms with Crippen LogP contribution in [0.1, 0.15) is 6.92 Å². The number of carbonyl (C=O) groups excluding carboxylic acids is 1. The first-order valence-corrected chi connectivity index (χ1v) is 9.28. The van der Waals surface area contributed by atoms with E-state index in [0.717, 1.165) is 8.78 Å². The van der Waals surface area contributed by atoms with Gasteiger partial charge in [0.1, 0.15) is 0 Å². The zero-order chi connectivity index (χ0) is 16.9. The highest BCUT2D eigenvalue weighted by molar-refractivity contribution is 9.10. The van der Waals surface area contributed by atoms with Gasteiger partial charge in [-0.3, -0.25) is 4.79 Å². The van der Waals surface area contributed by atoms with Crippen LogP contribution in [0.5, 0.6) is 0 Å². The molecule has 2 rings (SSSR count). The Labute approximate surface area is 144 Å². The molecule has 0 spiro atoms. The molecule has 23 heavy (non-hydrogen) atoms. The van der Waals surface area contributed by atoms with Gasteiger partial charge in [-0.25, -0.2) is 8.42 Å². The average molecular weight is 397 g/mol. The Morgan fingerprint density at radius 1 is 1.09 bits per heavy atom. The smallest absolute Gasteiger partial charge is 0.243 e. The fourth-order valence-electron chi connectivity index (χ4n) is 2.02. The van der Waals surface area contributed by atoms with Gasteiger partial charge in [-0.05, 0) is 40.2 Å². The van der Waals surface area contributed by atoms with Crippen molar-refractivity contribution in [2.45, 2.75) is 11.8 Å². The molecule has 0 bridgehead atoms. The number of carbonyl (C=O) groups is 1. The van der Waals surface area contributed by atoms with Crippen LogP contribution in [0.2, 0.25) is 0 Å². The van der Waals surface area contributed by atoms with Crippen molar-refractivity contribution in [1.29, 1.82) is 0 Å². The summed E-state index contributed by atoms with van der Waals surface area (Å²) in [4.78, 5) is 12.4. The molecular weight excluding hydrogens is 380 g/mol. The van der Waals surface area contributed by atoms with Crippen molar-refractivity contribution in [2.24, 2.45) is 0 Å². The van der Waals surface area contributed by atoms with E-state index in [0.29, 0.717) is 5.69 Å². The number of hydrogen-bond donors (Lipinski definition) is 1. The van der Waals surface area contributed by atoms with Crippen molar-refractivity contribution >= 4 is 37.5 Å². The van der Waals surface area contributed by atoms with E-state index in [9.17, 15) is 13.2 Å². The van der Waals surface area contributed by atoms with Crippen molar-refractivity contribution in [3.8, 4) is 0 Å². The summed E-state index contributed by atoms with van der Waals surface area (Å²) in [5.41, 5.74) is 0.602. The summed E-state index contributed by atoms with van der Waals surface area (Å²) >= 11 is 3.34. The molecule has 0 heterocycles. The average Bonchev–Trinajstić information content (AvgIpc) is 2.55. The van der Waals surface area contributed by atoms with Crippen LogP contribution in [-0.4, -0.2) is 31.7 Å². The highest BCUT2D eigenvalue weighted by Crippen LogP contribution is 2.21. The first kappa shape index (κ1) is 17.7. The van der Waals surface area contributed by atoms with Gasteiger partial charge in [-0.2, -0.15) is 4.31 Å². The molecule has 1 N–H and O–H groups in total. The third-order valence-corrected chi connectivity index (χ3v) is 5.83. The monoisotopic (exact) mass is 396 g/mol. The summed E-state index contributed by atoms with van der Waals surface area (Å²) in [5, 5.41) is 2.71. The molecule has 7 heteroatoms. The SMILES string of the molecule is CCN(CC(=O)Nc1ccccc1Br)S(=O)(=O)c1ccccc1. The predicted octanol–water partition coefficient (Wildman–Crippen LogP) is 3.10. The summed E-state index contributed by atoms with van der Waals surface area (Å²) in [6.45, 7) is 1.67. The normalized spacial score (nSPS) is 11.4. The molecule has 0 unspecified atom stereocenters. The van der Waals surface area contributed by atoms with E-state index in [4.69, 9.17) is 0 Å². The topological polar surface area (TPSA) is 66.5 Å². The Bertz CT molecular complexity index is 779. The van der Waals surface area contributed by atoms with Gasteiger partial charge in [0.05, 0.1) is 17.1 Å². The van der Waals surface area contributed by atoms with Gasteiger partial charge < -0.3 is 5.32 Å². The molecule has 0 aliphatic rings. The van der Waals surface area contributed by atoms with E-state index in [1.54, 1.807) is 43.3 Å². The lowest BCUT2D eigenvalue weighted by atomic mass is 10.3. The Morgan fingerprint density at radius 3 is 2.30 bits per heavy atom. The number of rotatable bonds is 6. The van der Waals surface area contributed by atoms with Gasteiger partial charge in [0, 0.05) is 11.0 Å². The van der Waals surface area contributed by atoms with Gasteiger partial charge in [-0.1, -0.05) is 37.3 Å². The molecule has 0 aromatic heterocycles. The summed E-state index contributed by atoms with van der Waals surface area (Å²) in [6, 6.07) is 15.3. The molecule has 0 fully saturated rings. The van der Waals surface area contributed by atoms with Crippen molar-refractivity contribution in [1.82, 2.24) is 4.31 Å². The Morgan fingerprint density at radius 2 is 1.70 bits per heavy atom. The van der Waals surface area contributed by atoms with Gasteiger partial charge in [0.25, 0.3) is 0 Å². The highest BCUT2D eigenvalue weighted by atomic mass is 79.9. The molecular formula is C16H17BrN2O3S. The summed E-state index contributed by atoms with van der Waals surface area (Å²) in [7, 11) is -3.69. The number of nitrogens with one attached hydrogen (secondary N) is 1. The summed E-state index contributed by atoms with van der Waals surface area (Å²) in [6.07, 6.45) is 0. The maximum absolute atomic E-state index is 12.6. The third kappa shape index (κ3) is 4.40. The molecule has 1 amide bonds. The van der Waals surface area contributed by atoms with Crippen molar-refractivity contribution in [3.05, 3.63) is 59.1 Å². The van der Waals surface area contributed by atoms with Crippen LogP contribution in [0.25, 0.3) is 0 Å². The summed E-state index contributed by atoms with van der Waals surface area (Å²) < 4.78 is 27.0. The number of likely N-dealkylation sites (N-methyl/N-ethyl adjacent to an activating group) is 1. The third-order valence-electron chi connectivity index (χ3n) is 3.20. The largest absolute Gasteiger partial charge is 0.324 e. The van der Waals surface area contributed by atoms with E-state index in [-0.39, 0.29) is 18.0 Å². The number of anilines is 1. The van der Waals surface area contributed by atoms with E-state index >= 15 is 0 Å². The molecule has 0 aliphatic carbocycles. The second kappa shape index (κ2) is 7.72. The van der Waals surface area contributed by atoms with Gasteiger partial charge in [0.15, 0.2) is 0 Å². The second-order valence-corrected chi connectivity index (χ2v) is 7.56. The van der Waals surface area contributed by atoms with Gasteiger partial charge in [0.2, 0.25) is 15.9 Å². The molecule has 0 saturated heterocycles. The second-order valence-electron chi connectivity index (χ2n) is 4.77.